The number of benzene rings is 1. The smallest absolute Gasteiger partial charge is 0.254 e. The molecule has 0 spiro atoms. The number of amides is 2. The first-order chi connectivity index (χ1) is 11.6. The fourth-order valence-electron chi connectivity index (χ4n) is 2.55. The number of tetrazole rings is 1. The van der Waals surface area contributed by atoms with E-state index in [9.17, 15) is 9.59 Å². The molecule has 1 aliphatic heterocycles. The number of piperazine rings is 1. The highest BCUT2D eigenvalue weighted by atomic mass is 16.2. The van der Waals surface area contributed by atoms with Gasteiger partial charge in [0.25, 0.3) is 5.91 Å². The Morgan fingerprint density at radius 2 is 1.92 bits per heavy atom. The first-order valence-electron chi connectivity index (χ1n) is 7.72. The van der Waals surface area contributed by atoms with E-state index in [4.69, 9.17) is 0 Å². The number of aromatic nitrogens is 4. The fraction of sp³-hybridized carbons (Fsp3) is 0.400. The third-order valence-corrected chi connectivity index (χ3v) is 3.92. The average molecular weight is 329 g/mol. The lowest BCUT2D eigenvalue weighted by Gasteiger charge is -2.29. The van der Waals surface area contributed by atoms with Gasteiger partial charge in [0.15, 0.2) is 0 Å². The molecular weight excluding hydrogens is 310 g/mol. The molecule has 1 N–H and O–H groups in total. The standard InChI is InChI=1S/C15H19N7O2/c1-20(10-14(23)21-8-6-16-7-9-21)15(24)12-2-4-13(5-3-12)22-11-17-18-19-22/h2-5,11,16H,6-10H2,1H3. The van der Waals surface area contributed by atoms with Crippen LogP contribution in [0.25, 0.3) is 5.69 Å². The van der Waals surface area contributed by atoms with Crippen molar-refractivity contribution in [2.24, 2.45) is 0 Å². The number of hydrogen-bond acceptors (Lipinski definition) is 6. The van der Waals surface area contributed by atoms with Gasteiger partial charge in [-0.25, -0.2) is 4.68 Å². The molecule has 0 atom stereocenters. The maximum Gasteiger partial charge on any atom is 0.254 e. The van der Waals surface area contributed by atoms with Crippen LogP contribution in [0.3, 0.4) is 0 Å². The van der Waals surface area contributed by atoms with Gasteiger partial charge in [-0.05, 0) is 34.7 Å². The van der Waals surface area contributed by atoms with Gasteiger partial charge in [-0.3, -0.25) is 9.59 Å². The Balaban J connectivity index is 1.61. The summed E-state index contributed by atoms with van der Waals surface area (Å²) >= 11 is 0. The molecule has 0 bridgehead atoms. The largest absolute Gasteiger partial charge is 0.339 e. The van der Waals surface area contributed by atoms with E-state index in [-0.39, 0.29) is 18.4 Å². The van der Waals surface area contributed by atoms with Crippen LogP contribution in [-0.2, 0) is 4.79 Å². The van der Waals surface area contributed by atoms with Crippen LogP contribution in [0.2, 0.25) is 0 Å². The van der Waals surface area contributed by atoms with Gasteiger partial charge in [-0.15, -0.1) is 5.10 Å². The van der Waals surface area contributed by atoms with Crippen molar-refractivity contribution in [1.29, 1.82) is 0 Å². The van der Waals surface area contributed by atoms with Crippen molar-refractivity contribution in [1.82, 2.24) is 35.3 Å². The van der Waals surface area contributed by atoms with Crippen molar-refractivity contribution in [2.75, 3.05) is 39.8 Å². The highest BCUT2D eigenvalue weighted by Crippen LogP contribution is 2.10. The van der Waals surface area contributed by atoms with Crippen molar-refractivity contribution < 1.29 is 9.59 Å². The molecule has 2 amide bonds. The summed E-state index contributed by atoms with van der Waals surface area (Å²) in [5.41, 5.74) is 1.28. The Labute approximate surface area is 139 Å². The number of likely N-dealkylation sites (N-methyl/N-ethyl adjacent to an activating group) is 1. The summed E-state index contributed by atoms with van der Waals surface area (Å²) in [6, 6.07) is 6.92. The third kappa shape index (κ3) is 3.57. The van der Waals surface area contributed by atoms with Crippen LogP contribution in [0.1, 0.15) is 10.4 Å². The Morgan fingerprint density at radius 1 is 1.21 bits per heavy atom. The maximum atomic E-state index is 12.5. The van der Waals surface area contributed by atoms with Gasteiger partial charge in [0.05, 0.1) is 12.2 Å². The molecular formula is C15H19N7O2. The van der Waals surface area contributed by atoms with Crippen molar-refractivity contribution in [2.45, 2.75) is 0 Å². The molecule has 1 fully saturated rings. The van der Waals surface area contributed by atoms with E-state index >= 15 is 0 Å². The average Bonchev–Trinajstić information content (AvgIpc) is 3.16. The van der Waals surface area contributed by atoms with Crippen LogP contribution in [0.4, 0.5) is 0 Å². The zero-order chi connectivity index (χ0) is 16.9. The van der Waals surface area contributed by atoms with Gasteiger partial charge in [-0.1, -0.05) is 0 Å². The van der Waals surface area contributed by atoms with Crippen LogP contribution in [-0.4, -0.2) is 81.6 Å². The molecule has 9 heteroatoms. The fourth-order valence-corrected chi connectivity index (χ4v) is 2.55. The molecule has 0 radical (unpaired) electrons. The predicted molar refractivity (Wildman–Crippen MR) is 85.6 cm³/mol. The van der Waals surface area contributed by atoms with Gasteiger partial charge in [0.2, 0.25) is 5.91 Å². The van der Waals surface area contributed by atoms with Crippen molar-refractivity contribution in [3.8, 4) is 5.69 Å². The lowest BCUT2D eigenvalue weighted by molar-refractivity contribution is -0.132. The molecule has 24 heavy (non-hydrogen) atoms. The van der Waals surface area contributed by atoms with Crippen molar-refractivity contribution in [3.63, 3.8) is 0 Å². The van der Waals surface area contributed by atoms with Crippen LogP contribution in [0, 0.1) is 0 Å². The Kier molecular flexibility index (Phi) is 4.80. The van der Waals surface area contributed by atoms with E-state index < -0.39 is 0 Å². The molecule has 126 valence electrons. The summed E-state index contributed by atoms with van der Waals surface area (Å²) in [7, 11) is 1.64. The monoisotopic (exact) mass is 329 g/mol. The van der Waals surface area contributed by atoms with E-state index in [0.717, 1.165) is 18.8 Å². The Morgan fingerprint density at radius 3 is 2.54 bits per heavy atom. The molecule has 2 heterocycles. The van der Waals surface area contributed by atoms with Crippen LogP contribution in [0.15, 0.2) is 30.6 Å². The van der Waals surface area contributed by atoms with Gasteiger partial charge in [-0.2, -0.15) is 0 Å². The normalized spacial score (nSPS) is 14.5. The van der Waals surface area contributed by atoms with Gasteiger partial charge in [0.1, 0.15) is 6.33 Å². The lowest BCUT2D eigenvalue weighted by Crippen LogP contribution is -2.49. The van der Waals surface area contributed by atoms with Gasteiger partial charge >= 0.3 is 0 Å². The zero-order valence-electron chi connectivity index (χ0n) is 13.4. The number of nitrogens with one attached hydrogen (secondary N) is 1. The number of hydrogen-bond donors (Lipinski definition) is 1. The molecule has 9 nitrogen and oxygen atoms in total. The van der Waals surface area contributed by atoms with E-state index in [1.807, 2.05) is 0 Å². The summed E-state index contributed by atoms with van der Waals surface area (Å²) in [6.45, 7) is 3.03. The minimum absolute atomic E-state index is 0.0299. The van der Waals surface area contributed by atoms with Crippen LogP contribution in [0.5, 0.6) is 0 Å². The SMILES string of the molecule is CN(CC(=O)N1CCNCC1)C(=O)c1ccc(-n2cnnn2)cc1. The first kappa shape index (κ1) is 16.1. The summed E-state index contributed by atoms with van der Waals surface area (Å²) < 4.78 is 1.51. The molecule has 2 aromatic rings. The third-order valence-electron chi connectivity index (χ3n) is 3.92. The first-order valence-corrected chi connectivity index (χ1v) is 7.72. The Bertz CT molecular complexity index is 693. The second kappa shape index (κ2) is 7.18. The predicted octanol–water partition coefficient (Wildman–Crippen LogP) is -0.834. The minimum atomic E-state index is -0.193. The molecule has 3 rings (SSSR count). The zero-order valence-corrected chi connectivity index (χ0v) is 13.4. The summed E-state index contributed by atoms with van der Waals surface area (Å²) in [4.78, 5) is 27.9. The minimum Gasteiger partial charge on any atom is -0.339 e. The highest BCUT2D eigenvalue weighted by Gasteiger charge is 2.20. The van der Waals surface area contributed by atoms with E-state index in [1.54, 1.807) is 36.2 Å². The van der Waals surface area contributed by atoms with Gasteiger partial charge in [0, 0.05) is 38.8 Å². The lowest BCUT2D eigenvalue weighted by atomic mass is 10.2. The van der Waals surface area contributed by atoms with Crippen molar-refractivity contribution in [3.05, 3.63) is 36.2 Å². The Hall–Kier alpha value is -2.81. The molecule has 1 aromatic carbocycles. The van der Waals surface area contributed by atoms with Crippen LogP contribution < -0.4 is 5.32 Å². The molecule has 1 saturated heterocycles. The van der Waals surface area contributed by atoms with E-state index in [0.29, 0.717) is 18.7 Å². The van der Waals surface area contributed by atoms with E-state index in [1.165, 1.54) is 15.9 Å². The number of carbonyl (C=O) groups excluding carboxylic acids is 2. The second-order valence-electron chi connectivity index (χ2n) is 5.59. The number of nitrogens with zero attached hydrogens (tertiary/aromatic N) is 6. The highest BCUT2D eigenvalue weighted by molar-refractivity contribution is 5.96. The van der Waals surface area contributed by atoms with Gasteiger partial charge < -0.3 is 15.1 Å². The van der Waals surface area contributed by atoms with Crippen molar-refractivity contribution >= 4 is 11.8 Å². The maximum absolute atomic E-state index is 12.5. The quantitative estimate of drug-likeness (QED) is 0.786. The molecule has 0 saturated carbocycles. The molecule has 0 aliphatic carbocycles. The molecule has 1 aliphatic rings. The summed E-state index contributed by atoms with van der Waals surface area (Å²) in [5.74, 6) is -0.223. The van der Waals surface area contributed by atoms with Crippen LogP contribution >= 0.6 is 0 Å². The topological polar surface area (TPSA) is 96.2 Å². The summed E-state index contributed by atoms with van der Waals surface area (Å²) in [6.07, 6.45) is 1.48. The van der Waals surface area contributed by atoms with E-state index in [2.05, 4.69) is 20.8 Å². The summed E-state index contributed by atoms with van der Waals surface area (Å²) in [5, 5.41) is 14.1. The number of carbonyl (C=O) groups is 2. The molecule has 1 aromatic heterocycles. The number of rotatable bonds is 4. The second-order valence-corrected chi connectivity index (χ2v) is 5.59. The molecule has 0 unspecified atom stereocenters.